The summed E-state index contributed by atoms with van der Waals surface area (Å²) in [7, 11) is -3.34. The van der Waals surface area contributed by atoms with Gasteiger partial charge in [0, 0.05) is 11.4 Å². The summed E-state index contributed by atoms with van der Waals surface area (Å²) in [4.78, 5) is 1.09. The van der Waals surface area contributed by atoms with Crippen LogP contribution in [0.25, 0.3) is 0 Å². The summed E-state index contributed by atoms with van der Waals surface area (Å²) >= 11 is 1.34. The number of hydrogen-bond donors (Lipinski definition) is 1. The molecule has 5 heteroatoms. The van der Waals surface area contributed by atoms with E-state index < -0.39 is 10.0 Å². The smallest absolute Gasteiger partial charge is 0.210 e. The van der Waals surface area contributed by atoms with Gasteiger partial charge in [0.25, 0.3) is 0 Å². The summed E-state index contributed by atoms with van der Waals surface area (Å²) in [5.41, 5.74) is 1.23. The molecule has 108 valence electrons. The molecule has 0 fully saturated rings. The van der Waals surface area contributed by atoms with E-state index in [2.05, 4.69) is 16.9 Å². The molecule has 0 aliphatic rings. The molecule has 0 unspecified atom stereocenters. The van der Waals surface area contributed by atoms with Gasteiger partial charge < -0.3 is 0 Å². The number of nitrogens with one attached hydrogen (secondary N) is 1. The van der Waals surface area contributed by atoms with E-state index in [9.17, 15) is 8.42 Å². The lowest BCUT2D eigenvalue weighted by Crippen LogP contribution is -2.24. The standard InChI is InChI=1S/C15H19NO2S2/c1-2-14-10-11-15(19-14)20(17,18)16-12-6-9-13-7-4-3-5-8-13/h3-5,7-8,10-11,16H,2,6,9,12H2,1H3. The first-order chi connectivity index (χ1) is 9.62. The van der Waals surface area contributed by atoms with Crippen molar-refractivity contribution in [2.24, 2.45) is 0 Å². The molecule has 0 aliphatic heterocycles. The maximum Gasteiger partial charge on any atom is 0.250 e. The van der Waals surface area contributed by atoms with Gasteiger partial charge in [-0.1, -0.05) is 37.3 Å². The molecule has 1 aromatic heterocycles. The topological polar surface area (TPSA) is 46.2 Å². The Kier molecular flexibility index (Phi) is 5.34. The van der Waals surface area contributed by atoms with Crippen LogP contribution in [-0.2, 0) is 22.9 Å². The maximum absolute atomic E-state index is 12.1. The number of hydrogen-bond acceptors (Lipinski definition) is 3. The van der Waals surface area contributed by atoms with Gasteiger partial charge in [-0.25, -0.2) is 13.1 Å². The minimum atomic E-state index is -3.34. The van der Waals surface area contributed by atoms with Gasteiger partial charge in [0.1, 0.15) is 4.21 Å². The highest BCUT2D eigenvalue weighted by atomic mass is 32.2. The lowest BCUT2D eigenvalue weighted by molar-refractivity contribution is 0.581. The van der Waals surface area contributed by atoms with Crippen molar-refractivity contribution >= 4 is 21.4 Å². The van der Waals surface area contributed by atoms with Gasteiger partial charge in [-0.15, -0.1) is 11.3 Å². The average Bonchev–Trinajstić information content (AvgIpc) is 2.95. The molecule has 0 spiro atoms. The number of aryl methyl sites for hydroxylation is 2. The third-order valence-electron chi connectivity index (χ3n) is 3.03. The Balaban J connectivity index is 1.84. The molecule has 20 heavy (non-hydrogen) atoms. The predicted octanol–water partition coefficient (Wildman–Crippen LogP) is 3.22. The zero-order chi connectivity index (χ0) is 14.4. The van der Waals surface area contributed by atoms with E-state index in [1.54, 1.807) is 6.07 Å². The summed E-state index contributed by atoms with van der Waals surface area (Å²) in [6.45, 7) is 2.49. The van der Waals surface area contributed by atoms with Crippen molar-refractivity contribution in [3.63, 3.8) is 0 Å². The van der Waals surface area contributed by atoms with Crippen molar-refractivity contribution in [3.05, 3.63) is 52.9 Å². The van der Waals surface area contributed by atoms with Crippen molar-refractivity contribution in [2.75, 3.05) is 6.54 Å². The summed E-state index contributed by atoms with van der Waals surface area (Å²) < 4.78 is 27.2. The molecule has 0 saturated carbocycles. The molecule has 0 aliphatic carbocycles. The second kappa shape index (κ2) is 7.02. The highest BCUT2D eigenvalue weighted by Gasteiger charge is 2.15. The Hall–Kier alpha value is -1.17. The second-order valence-corrected chi connectivity index (χ2v) is 7.72. The first-order valence-corrected chi connectivity index (χ1v) is 9.04. The fourth-order valence-electron chi connectivity index (χ4n) is 1.91. The zero-order valence-corrected chi connectivity index (χ0v) is 13.1. The van der Waals surface area contributed by atoms with Crippen LogP contribution in [0, 0.1) is 0 Å². The molecule has 1 N–H and O–H groups in total. The second-order valence-electron chi connectivity index (χ2n) is 4.56. The number of thiophene rings is 1. The Morgan fingerprint density at radius 3 is 2.50 bits per heavy atom. The van der Waals surface area contributed by atoms with Crippen molar-refractivity contribution in [2.45, 2.75) is 30.4 Å². The van der Waals surface area contributed by atoms with Gasteiger partial charge in [-0.05, 0) is 37.0 Å². The molecule has 2 aromatic rings. The van der Waals surface area contributed by atoms with Crippen molar-refractivity contribution in [3.8, 4) is 0 Å². The van der Waals surface area contributed by atoms with Crippen LogP contribution in [0.5, 0.6) is 0 Å². The third kappa shape index (κ3) is 4.16. The normalized spacial score (nSPS) is 11.7. The van der Waals surface area contributed by atoms with Crippen LogP contribution in [0.3, 0.4) is 0 Å². The number of rotatable bonds is 7. The molecule has 1 heterocycles. The van der Waals surface area contributed by atoms with Crippen LogP contribution in [0.2, 0.25) is 0 Å². The lowest BCUT2D eigenvalue weighted by atomic mass is 10.1. The molecule has 2 rings (SSSR count). The maximum atomic E-state index is 12.1. The molecule has 3 nitrogen and oxygen atoms in total. The highest BCUT2D eigenvalue weighted by molar-refractivity contribution is 7.91. The fraction of sp³-hybridized carbons (Fsp3) is 0.333. The lowest BCUT2D eigenvalue weighted by Gasteiger charge is -2.05. The molecule has 0 saturated heterocycles. The van der Waals surface area contributed by atoms with Gasteiger partial charge in [0.15, 0.2) is 0 Å². The van der Waals surface area contributed by atoms with E-state index >= 15 is 0 Å². The minimum Gasteiger partial charge on any atom is -0.210 e. The molecule has 0 bridgehead atoms. The summed E-state index contributed by atoms with van der Waals surface area (Å²) in [6.07, 6.45) is 2.55. The van der Waals surface area contributed by atoms with E-state index in [0.717, 1.165) is 24.1 Å². The van der Waals surface area contributed by atoms with E-state index in [4.69, 9.17) is 0 Å². The van der Waals surface area contributed by atoms with Gasteiger partial charge in [-0.3, -0.25) is 0 Å². The molecule has 1 aromatic carbocycles. The fourth-order valence-corrected chi connectivity index (χ4v) is 4.32. The van der Waals surface area contributed by atoms with Crippen LogP contribution < -0.4 is 4.72 Å². The highest BCUT2D eigenvalue weighted by Crippen LogP contribution is 2.21. The number of benzene rings is 1. The number of sulfonamides is 1. The Morgan fingerprint density at radius 1 is 1.10 bits per heavy atom. The quantitative estimate of drug-likeness (QED) is 0.798. The van der Waals surface area contributed by atoms with E-state index in [0.29, 0.717) is 10.8 Å². The molecular weight excluding hydrogens is 290 g/mol. The Labute approximate surface area is 124 Å². The van der Waals surface area contributed by atoms with Crippen LogP contribution >= 0.6 is 11.3 Å². The SMILES string of the molecule is CCc1ccc(S(=O)(=O)NCCCc2ccccc2)s1. The monoisotopic (exact) mass is 309 g/mol. The van der Waals surface area contributed by atoms with Crippen LogP contribution in [0.1, 0.15) is 23.8 Å². The van der Waals surface area contributed by atoms with E-state index in [1.165, 1.54) is 16.9 Å². The molecule has 0 radical (unpaired) electrons. The van der Waals surface area contributed by atoms with Gasteiger partial charge >= 0.3 is 0 Å². The first kappa shape index (κ1) is 15.2. The Morgan fingerprint density at radius 2 is 1.85 bits per heavy atom. The average molecular weight is 309 g/mol. The molecule has 0 amide bonds. The Bertz CT molecular complexity index is 633. The molecular formula is C15H19NO2S2. The summed E-state index contributed by atoms with van der Waals surface area (Å²) in [5, 5.41) is 0. The predicted molar refractivity (Wildman–Crippen MR) is 83.6 cm³/mol. The zero-order valence-electron chi connectivity index (χ0n) is 11.5. The van der Waals surface area contributed by atoms with Gasteiger partial charge in [-0.2, -0.15) is 0 Å². The van der Waals surface area contributed by atoms with Crippen molar-refractivity contribution < 1.29 is 8.42 Å². The third-order valence-corrected chi connectivity index (χ3v) is 6.21. The molecule has 0 atom stereocenters. The van der Waals surface area contributed by atoms with Crippen LogP contribution in [0.15, 0.2) is 46.7 Å². The van der Waals surface area contributed by atoms with E-state index in [1.807, 2.05) is 31.2 Å². The summed E-state index contributed by atoms with van der Waals surface area (Å²) in [5.74, 6) is 0. The van der Waals surface area contributed by atoms with Gasteiger partial charge in [0.2, 0.25) is 10.0 Å². The largest absolute Gasteiger partial charge is 0.250 e. The minimum absolute atomic E-state index is 0.411. The van der Waals surface area contributed by atoms with Crippen LogP contribution in [-0.4, -0.2) is 15.0 Å². The van der Waals surface area contributed by atoms with Crippen LogP contribution in [0.4, 0.5) is 0 Å². The first-order valence-electron chi connectivity index (χ1n) is 6.74. The summed E-state index contributed by atoms with van der Waals surface area (Å²) in [6, 6.07) is 13.7. The van der Waals surface area contributed by atoms with Crippen molar-refractivity contribution in [1.29, 1.82) is 0 Å². The van der Waals surface area contributed by atoms with Gasteiger partial charge in [0.05, 0.1) is 0 Å². The van der Waals surface area contributed by atoms with E-state index in [-0.39, 0.29) is 0 Å². The van der Waals surface area contributed by atoms with Crippen molar-refractivity contribution in [1.82, 2.24) is 4.72 Å².